The van der Waals surface area contributed by atoms with Crippen molar-refractivity contribution in [2.45, 2.75) is 12.5 Å². The predicted molar refractivity (Wildman–Crippen MR) is 88.6 cm³/mol. The first-order valence-corrected chi connectivity index (χ1v) is 7.73. The molecule has 0 spiro atoms. The number of rotatable bonds is 2. The van der Waals surface area contributed by atoms with Crippen LogP contribution in [-0.2, 0) is 0 Å². The van der Waals surface area contributed by atoms with Crippen LogP contribution in [0.1, 0.15) is 27.4 Å². The van der Waals surface area contributed by atoms with Crippen LogP contribution < -0.4 is 5.73 Å². The van der Waals surface area contributed by atoms with Gasteiger partial charge in [0.15, 0.2) is 5.69 Å². The van der Waals surface area contributed by atoms with E-state index in [0.29, 0.717) is 18.5 Å². The zero-order chi connectivity index (χ0) is 16.8. The molecule has 1 aliphatic heterocycles. The van der Waals surface area contributed by atoms with Crippen LogP contribution in [0.15, 0.2) is 30.3 Å². The van der Waals surface area contributed by atoms with Gasteiger partial charge in [0.2, 0.25) is 0 Å². The minimum Gasteiger partial charge on any atom is -0.391 e. The minimum atomic E-state index is -0.692. The smallest absolute Gasteiger partial charge is 0.272 e. The van der Waals surface area contributed by atoms with Crippen molar-refractivity contribution >= 4 is 33.6 Å². The Labute approximate surface area is 137 Å². The summed E-state index contributed by atoms with van der Waals surface area (Å²) in [7, 11) is 0. The molecule has 0 aliphatic carbocycles. The van der Waals surface area contributed by atoms with Gasteiger partial charge in [0, 0.05) is 29.4 Å². The molecule has 2 amide bonds. The van der Waals surface area contributed by atoms with Crippen molar-refractivity contribution in [2.75, 3.05) is 13.1 Å². The summed E-state index contributed by atoms with van der Waals surface area (Å²) >= 11 is 0. The summed E-state index contributed by atoms with van der Waals surface area (Å²) < 4.78 is 0. The maximum Gasteiger partial charge on any atom is 0.272 e. The van der Waals surface area contributed by atoms with E-state index in [1.807, 2.05) is 24.3 Å². The second-order valence-corrected chi connectivity index (χ2v) is 6.01. The highest BCUT2D eigenvalue weighted by molar-refractivity contribution is 6.15. The van der Waals surface area contributed by atoms with Gasteiger partial charge in [-0.3, -0.25) is 9.59 Å². The largest absolute Gasteiger partial charge is 0.391 e. The molecule has 1 aliphatic rings. The van der Waals surface area contributed by atoms with E-state index in [1.165, 1.54) is 0 Å². The van der Waals surface area contributed by atoms with Gasteiger partial charge in [-0.15, -0.1) is 0 Å². The van der Waals surface area contributed by atoms with Gasteiger partial charge in [0.05, 0.1) is 11.6 Å². The Bertz CT molecular complexity index is 979. The van der Waals surface area contributed by atoms with Crippen LogP contribution in [0.2, 0.25) is 0 Å². The lowest BCUT2D eigenvalue weighted by molar-refractivity contribution is 0.0759. The Kier molecular flexibility index (Phi) is 3.24. The Balaban J connectivity index is 1.91. The molecule has 1 saturated heterocycles. The number of nitrogens with two attached hydrogens (primary N) is 1. The fourth-order valence-electron chi connectivity index (χ4n) is 3.22. The Morgan fingerprint density at radius 1 is 1.29 bits per heavy atom. The van der Waals surface area contributed by atoms with Gasteiger partial charge in [-0.2, -0.15) is 0 Å². The van der Waals surface area contributed by atoms with Crippen molar-refractivity contribution < 1.29 is 14.7 Å². The number of β-amino-alcohol motifs (C(OH)–C–C–N with tert-alkyl or cyclic N) is 1. The maximum absolute atomic E-state index is 12.7. The Morgan fingerprint density at radius 2 is 2.08 bits per heavy atom. The van der Waals surface area contributed by atoms with Gasteiger partial charge < -0.3 is 20.7 Å². The standard InChI is InChI=1S/C17H16N4O3/c18-16(23)15-14-11(10-3-1-2-4-12(10)19-14)7-13(20-15)17(24)21-6-5-9(22)8-21/h1-4,7,9,19,22H,5-6,8H2,(H2,18,23)/t9-/m0/s1. The van der Waals surface area contributed by atoms with E-state index in [9.17, 15) is 14.7 Å². The van der Waals surface area contributed by atoms with Crippen LogP contribution in [0, 0.1) is 0 Å². The molecular formula is C17H16N4O3. The van der Waals surface area contributed by atoms with Gasteiger partial charge in [0.25, 0.3) is 11.8 Å². The number of pyridine rings is 1. The number of aliphatic hydroxyl groups excluding tert-OH is 1. The average molecular weight is 324 g/mol. The monoisotopic (exact) mass is 324 g/mol. The van der Waals surface area contributed by atoms with Crippen LogP contribution in [0.4, 0.5) is 0 Å². The summed E-state index contributed by atoms with van der Waals surface area (Å²) in [5.41, 5.74) is 7.04. The van der Waals surface area contributed by atoms with E-state index in [4.69, 9.17) is 5.73 Å². The number of likely N-dealkylation sites (tertiary alicyclic amines) is 1. The number of amides is 2. The molecule has 4 N–H and O–H groups in total. The Morgan fingerprint density at radius 3 is 2.79 bits per heavy atom. The molecule has 0 radical (unpaired) electrons. The summed E-state index contributed by atoms with van der Waals surface area (Å²) in [6.07, 6.45) is 0.0328. The number of nitrogens with zero attached hydrogens (tertiary/aromatic N) is 2. The number of carbonyl (C=O) groups is 2. The normalized spacial score (nSPS) is 17.7. The second kappa shape index (κ2) is 5.31. The van der Waals surface area contributed by atoms with Gasteiger partial charge in [-0.1, -0.05) is 18.2 Å². The summed E-state index contributed by atoms with van der Waals surface area (Å²) in [5.74, 6) is -0.996. The maximum atomic E-state index is 12.7. The van der Waals surface area contributed by atoms with E-state index in [0.717, 1.165) is 16.3 Å². The van der Waals surface area contributed by atoms with E-state index in [2.05, 4.69) is 9.97 Å². The molecule has 3 heterocycles. The third kappa shape index (κ3) is 2.21. The van der Waals surface area contributed by atoms with Crippen LogP contribution in [0.3, 0.4) is 0 Å². The predicted octanol–water partition coefficient (Wildman–Crippen LogP) is 1.02. The number of para-hydroxylation sites is 1. The van der Waals surface area contributed by atoms with E-state index >= 15 is 0 Å². The highest BCUT2D eigenvalue weighted by Gasteiger charge is 2.27. The van der Waals surface area contributed by atoms with Crippen LogP contribution in [0.25, 0.3) is 21.8 Å². The second-order valence-electron chi connectivity index (χ2n) is 6.01. The van der Waals surface area contributed by atoms with Gasteiger partial charge in [-0.25, -0.2) is 4.98 Å². The molecule has 0 unspecified atom stereocenters. The fourth-order valence-corrected chi connectivity index (χ4v) is 3.22. The number of fused-ring (bicyclic) bond motifs is 3. The molecule has 0 bridgehead atoms. The molecule has 0 saturated carbocycles. The topological polar surface area (TPSA) is 112 Å². The minimum absolute atomic E-state index is 0.0480. The number of H-pyrrole nitrogens is 1. The third-order valence-corrected chi connectivity index (χ3v) is 4.40. The number of nitrogens with one attached hydrogen (secondary N) is 1. The Hall–Kier alpha value is -2.93. The fraction of sp³-hybridized carbons (Fsp3) is 0.235. The summed E-state index contributed by atoms with van der Waals surface area (Å²) in [6.45, 7) is 0.748. The molecule has 1 aromatic carbocycles. The SMILES string of the molecule is NC(=O)c1nc(C(=O)N2CC[C@H](O)C2)cc2c1[nH]c1ccccc12. The molecule has 7 nitrogen and oxygen atoms in total. The van der Waals surface area contributed by atoms with Crippen molar-refractivity contribution in [1.29, 1.82) is 0 Å². The van der Waals surface area contributed by atoms with Crippen molar-refractivity contribution in [1.82, 2.24) is 14.9 Å². The lowest BCUT2D eigenvalue weighted by atomic mass is 10.1. The molecule has 1 atom stereocenters. The lowest BCUT2D eigenvalue weighted by Gasteiger charge is -2.15. The number of benzene rings is 1. The zero-order valence-corrected chi connectivity index (χ0v) is 12.8. The van der Waals surface area contributed by atoms with E-state index in [-0.39, 0.29) is 23.8 Å². The molecule has 7 heteroatoms. The number of hydrogen-bond donors (Lipinski definition) is 3. The lowest BCUT2D eigenvalue weighted by Crippen LogP contribution is -2.30. The molecule has 4 rings (SSSR count). The van der Waals surface area contributed by atoms with Crippen LogP contribution >= 0.6 is 0 Å². The number of aliphatic hydroxyl groups is 1. The molecule has 122 valence electrons. The number of hydrogen-bond acceptors (Lipinski definition) is 4. The summed E-state index contributed by atoms with van der Waals surface area (Å²) in [6, 6.07) is 9.24. The van der Waals surface area contributed by atoms with Gasteiger partial charge in [-0.05, 0) is 18.6 Å². The first-order chi connectivity index (χ1) is 11.5. The number of carbonyl (C=O) groups excluding carboxylic acids is 2. The van der Waals surface area contributed by atoms with Crippen molar-refractivity contribution in [3.8, 4) is 0 Å². The number of aromatic amines is 1. The number of aromatic nitrogens is 2. The van der Waals surface area contributed by atoms with E-state index in [1.54, 1.807) is 11.0 Å². The van der Waals surface area contributed by atoms with Gasteiger partial charge in [0.1, 0.15) is 5.69 Å². The zero-order valence-electron chi connectivity index (χ0n) is 12.8. The van der Waals surface area contributed by atoms with E-state index < -0.39 is 12.0 Å². The summed E-state index contributed by atoms with van der Waals surface area (Å²) in [5, 5.41) is 11.3. The van der Waals surface area contributed by atoms with Crippen LogP contribution in [-0.4, -0.2) is 51.0 Å². The molecule has 2 aromatic heterocycles. The molecule has 1 fully saturated rings. The molecular weight excluding hydrogens is 308 g/mol. The third-order valence-electron chi connectivity index (χ3n) is 4.40. The summed E-state index contributed by atoms with van der Waals surface area (Å²) in [4.78, 5) is 33.3. The molecule has 24 heavy (non-hydrogen) atoms. The number of primary amides is 1. The first-order valence-electron chi connectivity index (χ1n) is 7.73. The van der Waals surface area contributed by atoms with Crippen molar-refractivity contribution in [2.24, 2.45) is 5.73 Å². The van der Waals surface area contributed by atoms with Crippen LogP contribution in [0.5, 0.6) is 0 Å². The quantitative estimate of drug-likeness (QED) is 0.653. The first kappa shape index (κ1) is 14.6. The average Bonchev–Trinajstić information content (AvgIpc) is 3.16. The van der Waals surface area contributed by atoms with Crippen molar-refractivity contribution in [3.63, 3.8) is 0 Å². The highest BCUT2D eigenvalue weighted by Crippen LogP contribution is 2.28. The van der Waals surface area contributed by atoms with Gasteiger partial charge >= 0.3 is 0 Å². The van der Waals surface area contributed by atoms with Crippen molar-refractivity contribution in [3.05, 3.63) is 41.7 Å². The highest BCUT2D eigenvalue weighted by atomic mass is 16.3. The molecule has 3 aromatic rings.